The molecule has 9 nitrogen and oxygen atoms in total. The maximum Gasteiger partial charge on any atom is 0.309 e. The number of benzene rings is 2. The Bertz CT molecular complexity index is 1410. The summed E-state index contributed by atoms with van der Waals surface area (Å²) in [5.74, 6) is -2.29. The van der Waals surface area contributed by atoms with E-state index >= 15 is 0 Å². The number of hydrogen-bond acceptors (Lipinski definition) is 7. The van der Waals surface area contributed by atoms with Crippen molar-refractivity contribution in [3.8, 4) is 0 Å². The van der Waals surface area contributed by atoms with Crippen LogP contribution in [0.5, 0.6) is 0 Å². The highest BCUT2D eigenvalue weighted by molar-refractivity contribution is 7.91. The molecule has 0 aliphatic carbocycles. The highest BCUT2D eigenvalue weighted by Gasteiger charge is 2.28. The molecule has 4 N–H and O–H groups in total. The van der Waals surface area contributed by atoms with E-state index in [0.29, 0.717) is 0 Å². The Morgan fingerprint density at radius 1 is 1.13 bits per heavy atom. The quantitative estimate of drug-likeness (QED) is 0.265. The maximum absolute atomic E-state index is 13.9. The van der Waals surface area contributed by atoms with Crippen LogP contribution in [-0.2, 0) is 28.4 Å². The molecule has 0 fully saturated rings. The first-order valence-corrected chi connectivity index (χ1v) is 14.3. The summed E-state index contributed by atoms with van der Waals surface area (Å²) in [5, 5.41) is 17.1. The fourth-order valence-electron chi connectivity index (χ4n) is 4.10. The molecule has 3 rings (SSSR count). The third-order valence-electron chi connectivity index (χ3n) is 6.25. The minimum atomic E-state index is -3.70. The Morgan fingerprint density at radius 2 is 1.79 bits per heavy atom. The van der Waals surface area contributed by atoms with E-state index in [1.165, 1.54) is 6.92 Å². The van der Waals surface area contributed by atoms with Crippen molar-refractivity contribution in [2.24, 2.45) is 0 Å². The molecule has 1 heterocycles. The molecular formula is C27H34F2N4O5S. The van der Waals surface area contributed by atoms with Crippen LogP contribution in [0, 0.1) is 18.6 Å². The summed E-state index contributed by atoms with van der Waals surface area (Å²) in [6.07, 6.45) is 0.493. The number of aliphatic hydroxyl groups excluding tert-OH is 1. The lowest BCUT2D eigenvalue weighted by molar-refractivity contribution is 0.0808. The fourth-order valence-corrected chi connectivity index (χ4v) is 4.50. The van der Waals surface area contributed by atoms with Gasteiger partial charge in [-0.05, 0) is 62.4 Å². The number of anilines is 1. The van der Waals surface area contributed by atoms with Crippen LogP contribution in [-0.4, -0.2) is 49.4 Å². The van der Waals surface area contributed by atoms with Crippen LogP contribution in [0.1, 0.15) is 53.7 Å². The zero-order valence-electron chi connectivity index (χ0n) is 22.5. The smallest absolute Gasteiger partial charge is 0.309 e. The van der Waals surface area contributed by atoms with E-state index in [4.69, 9.17) is 4.42 Å². The van der Waals surface area contributed by atoms with Gasteiger partial charge in [-0.3, -0.25) is 4.79 Å². The van der Waals surface area contributed by atoms with Gasteiger partial charge in [-0.2, -0.15) is 4.98 Å². The number of nitrogens with zero attached hydrogens (tertiary/aromatic N) is 1. The van der Waals surface area contributed by atoms with Gasteiger partial charge in [0.2, 0.25) is 10.0 Å². The highest BCUT2D eigenvalue weighted by atomic mass is 32.2. The van der Waals surface area contributed by atoms with E-state index < -0.39 is 45.2 Å². The summed E-state index contributed by atoms with van der Waals surface area (Å²) in [7, 11) is -3.70. The number of carbonyl (C=O) groups excluding carboxylic acids is 1. The molecule has 212 valence electrons. The molecule has 0 unspecified atom stereocenters. The van der Waals surface area contributed by atoms with Crippen molar-refractivity contribution in [1.82, 2.24) is 15.6 Å². The molecule has 0 spiro atoms. The van der Waals surface area contributed by atoms with Gasteiger partial charge in [0, 0.05) is 18.2 Å². The van der Waals surface area contributed by atoms with E-state index in [0.717, 1.165) is 42.0 Å². The zero-order valence-corrected chi connectivity index (χ0v) is 23.3. The monoisotopic (exact) mass is 564 g/mol. The number of aryl methyl sites for hydroxylation is 2. The summed E-state index contributed by atoms with van der Waals surface area (Å²) < 4.78 is 58.0. The number of sulfonamides is 1. The number of aromatic nitrogens is 1. The molecule has 2 atom stereocenters. The molecule has 0 bridgehead atoms. The number of rotatable bonds is 12. The topological polar surface area (TPSA) is 134 Å². The third kappa shape index (κ3) is 8.57. The van der Waals surface area contributed by atoms with Crippen molar-refractivity contribution in [2.75, 3.05) is 17.5 Å². The standard InChI is InChI=1S/C27H34F2N4O5S/c1-6-17-8-7-9-19(10-17)27(3,4)30-15-23(34)22(13-18-11-20(28)14-21(29)12-18)31-25(35)24-16(2)38-26(32-24)33-39(5,36)37/h7-12,14,22-23,30,34H,6,13,15H2,1-5H3,(H,31,35)(H,32,33)/t22-,23+/m0/s1. The van der Waals surface area contributed by atoms with Crippen molar-refractivity contribution in [3.63, 3.8) is 0 Å². The van der Waals surface area contributed by atoms with Gasteiger partial charge in [-0.25, -0.2) is 21.9 Å². The molecule has 0 aliphatic heterocycles. The summed E-state index contributed by atoms with van der Waals surface area (Å²) in [6, 6.07) is 9.64. The molecule has 0 saturated heterocycles. The molecule has 0 saturated carbocycles. The van der Waals surface area contributed by atoms with Crippen molar-refractivity contribution in [2.45, 2.75) is 58.2 Å². The van der Waals surface area contributed by atoms with E-state index in [-0.39, 0.29) is 36.0 Å². The highest BCUT2D eigenvalue weighted by Crippen LogP contribution is 2.22. The van der Waals surface area contributed by atoms with Gasteiger partial charge in [0.05, 0.1) is 18.4 Å². The summed E-state index contributed by atoms with van der Waals surface area (Å²) >= 11 is 0. The first-order chi connectivity index (χ1) is 18.2. The number of carbonyl (C=O) groups is 1. The van der Waals surface area contributed by atoms with Gasteiger partial charge in [0.1, 0.15) is 17.4 Å². The molecular weight excluding hydrogens is 530 g/mol. The normalized spacial score (nSPS) is 13.6. The molecule has 1 amide bonds. The number of hydrogen-bond donors (Lipinski definition) is 4. The maximum atomic E-state index is 13.9. The molecule has 3 aromatic rings. The second kappa shape index (κ2) is 12.2. The van der Waals surface area contributed by atoms with Crippen LogP contribution in [0.4, 0.5) is 14.8 Å². The Kier molecular flexibility index (Phi) is 9.47. The number of halogens is 2. The lowest BCUT2D eigenvalue weighted by atomic mass is 9.91. The van der Waals surface area contributed by atoms with E-state index in [1.54, 1.807) is 0 Å². The number of oxazole rings is 1. The minimum absolute atomic E-state index is 0.0325. The molecule has 0 aliphatic rings. The SMILES string of the molecule is CCc1cccc(C(C)(C)NC[C@@H](O)[C@H](Cc2cc(F)cc(F)c2)NC(=O)c2nc(NS(C)(=O)=O)oc2C)c1. The van der Waals surface area contributed by atoms with Crippen LogP contribution in [0.25, 0.3) is 0 Å². The molecule has 0 radical (unpaired) electrons. The average Bonchev–Trinajstić information content (AvgIpc) is 3.19. The van der Waals surface area contributed by atoms with Gasteiger partial charge in [-0.1, -0.05) is 31.2 Å². The van der Waals surface area contributed by atoms with Crippen LogP contribution in [0.15, 0.2) is 46.9 Å². The van der Waals surface area contributed by atoms with Gasteiger partial charge < -0.3 is 20.2 Å². The first kappa shape index (κ1) is 30.2. The van der Waals surface area contributed by atoms with Gasteiger partial charge in [0.25, 0.3) is 5.91 Å². The largest absolute Gasteiger partial charge is 0.428 e. The minimum Gasteiger partial charge on any atom is -0.428 e. The molecule has 2 aromatic carbocycles. The Hall–Kier alpha value is -3.35. The summed E-state index contributed by atoms with van der Waals surface area (Å²) in [5.41, 5.74) is 1.65. The van der Waals surface area contributed by atoms with Crippen LogP contribution < -0.4 is 15.4 Å². The molecule has 39 heavy (non-hydrogen) atoms. The second-order valence-electron chi connectivity index (χ2n) is 9.99. The van der Waals surface area contributed by atoms with Crippen molar-refractivity contribution >= 4 is 21.9 Å². The van der Waals surface area contributed by atoms with Crippen LogP contribution >= 0.6 is 0 Å². The Morgan fingerprint density at radius 3 is 2.41 bits per heavy atom. The zero-order chi connectivity index (χ0) is 29.0. The number of nitrogens with one attached hydrogen (secondary N) is 3. The van der Waals surface area contributed by atoms with Crippen molar-refractivity contribution in [1.29, 1.82) is 0 Å². The summed E-state index contributed by atoms with van der Waals surface area (Å²) in [4.78, 5) is 17.0. The van der Waals surface area contributed by atoms with E-state index in [1.807, 2.05) is 32.0 Å². The molecule has 1 aromatic heterocycles. The van der Waals surface area contributed by atoms with Crippen LogP contribution in [0.3, 0.4) is 0 Å². The third-order valence-corrected chi connectivity index (χ3v) is 6.80. The second-order valence-corrected chi connectivity index (χ2v) is 11.7. The average molecular weight is 565 g/mol. The lowest BCUT2D eigenvalue weighted by Gasteiger charge is -2.31. The first-order valence-electron chi connectivity index (χ1n) is 12.4. The number of amides is 1. The van der Waals surface area contributed by atoms with Crippen molar-refractivity contribution < 1.29 is 31.5 Å². The van der Waals surface area contributed by atoms with Gasteiger partial charge in [0.15, 0.2) is 5.69 Å². The van der Waals surface area contributed by atoms with Crippen LogP contribution in [0.2, 0.25) is 0 Å². The van der Waals surface area contributed by atoms with Crippen molar-refractivity contribution in [3.05, 3.63) is 82.2 Å². The molecule has 12 heteroatoms. The lowest BCUT2D eigenvalue weighted by Crippen LogP contribution is -2.51. The fraction of sp³-hybridized carbons (Fsp3) is 0.407. The Labute approximate surface area is 227 Å². The van der Waals surface area contributed by atoms with Gasteiger partial charge >= 0.3 is 6.01 Å². The summed E-state index contributed by atoms with van der Waals surface area (Å²) in [6.45, 7) is 7.43. The number of aliphatic hydroxyl groups is 1. The Balaban J connectivity index is 1.82. The van der Waals surface area contributed by atoms with E-state index in [2.05, 4.69) is 33.3 Å². The predicted octanol–water partition coefficient (Wildman–Crippen LogP) is 3.42. The van der Waals surface area contributed by atoms with Gasteiger partial charge in [-0.15, -0.1) is 0 Å². The predicted molar refractivity (Wildman–Crippen MR) is 144 cm³/mol. The van der Waals surface area contributed by atoms with E-state index in [9.17, 15) is 27.1 Å².